The lowest BCUT2D eigenvalue weighted by molar-refractivity contribution is -0.388. The molecule has 1 aromatic heterocycles. The fraction of sp³-hybridized carbons (Fsp3) is 0.118. The molecule has 2 aromatic carbocycles. The number of aryl methyl sites for hydroxylation is 1. The molecule has 0 atom stereocenters. The van der Waals surface area contributed by atoms with Crippen LogP contribution in [0, 0.1) is 17.0 Å². The number of halogens is 3. The molecule has 0 aliphatic carbocycles. The summed E-state index contributed by atoms with van der Waals surface area (Å²) in [7, 11) is -4.87. The van der Waals surface area contributed by atoms with Crippen LogP contribution in [0.3, 0.4) is 0 Å². The summed E-state index contributed by atoms with van der Waals surface area (Å²) in [5.74, 6) is -0.347. The first-order valence-corrected chi connectivity index (χ1v) is 9.14. The highest BCUT2D eigenvalue weighted by Gasteiger charge is 2.36. The number of hydrogen-bond donors (Lipinski definition) is 0. The zero-order valence-electron chi connectivity index (χ0n) is 14.4. The Bertz CT molecular complexity index is 1300. The molecule has 152 valence electrons. The first-order chi connectivity index (χ1) is 13.4. The van der Waals surface area contributed by atoms with E-state index in [0.29, 0.717) is 23.1 Å². The second-order valence-electron chi connectivity index (χ2n) is 5.88. The zero-order chi connectivity index (χ0) is 21.6. The molecule has 0 N–H and O–H groups in total. The van der Waals surface area contributed by atoms with Crippen LogP contribution in [0.25, 0.3) is 11.0 Å². The van der Waals surface area contributed by atoms with Crippen molar-refractivity contribution in [3.8, 4) is 5.75 Å². The standard InChI is InChI=1S/C17H10F3NO7S/c1-9-6-16(22)27-14-8-11(3-4-12(9)14)28-29(25,26)15-5-2-10(17(18,19)20)7-13(15)21(23)24/h2-8H,1H3. The first-order valence-electron chi connectivity index (χ1n) is 7.73. The average molecular weight is 429 g/mol. The Hall–Kier alpha value is -3.41. The van der Waals surface area contributed by atoms with Crippen molar-refractivity contribution >= 4 is 26.8 Å². The van der Waals surface area contributed by atoms with Crippen molar-refractivity contribution in [2.24, 2.45) is 0 Å². The molecule has 1 heterocycles. The molecule has 0 saturated heterocycles. The second-order valence-corrected chi connectivity index (χ2v) is 7.40. The fourth-order valence-electron chi connectivity index (χ4n) is 2.58. The molecule has 12 heteroatoms. The van der Waals surface area contributed by atoms with E-state index < -0.39 is 43.0 Å². The van der Waals surface area contributed by atoms with Crippen molar-refractivity contribution in [2.45, 2.75) is 18.0 Å². The lowest BCUT2D eigenvalue weighted by Gasteiger charge is -2.11. The number of fused-ring (bicyclic) bond motifs is 1. The van der Waals surface area contributed by atoms with E-state index >= 15 is 0 Å². The maximum Gasteiger partial charge on any atom is 0.416 e. The van der Waals surface area contributed by atoms with E-state index in [1.54, 1.807) is 6.92 Å². The molecule has 0 spiro atoms. The van der Waals surface area contributed by atoms with Gasteiger partial charge < -0.3 is 8.60 Å². The van der Waals surface area contributed by atoms with Crippen LogP contribution in [0.2, 0.25) is 0 Å². The highest BCUT2D eigenvalue weighted by molar-refractivity contribution is 7.87. The van der Waals surface area contributed by atoms with Crippen LogP contribution in [0.5, 0.6) is 5.75 Å². The number of alkyl halides is 3. The molecule has 29 heavy (non-hydrogen) atoms. The quantitative estimate of drug-likeness (QED) is 0.268. The summed E-state index contributed by atoms with van der Waals surface area (Å²) in [4.78, 5) is 20.3. The minimum Gasteiger partial charge on any atom is -0.423 e. The average Bonchev–Trinajstić information content (AvgIpc) is 2.59. The topological polar surface area (TPSA) is 117 Å². The number of benzene rings is 2. The molecule has 0 unspecified atom stereocenters. The van der Waals surface area contributed by atoms with Crippen LogP contribution >= 0.6 is 0 Å². The number of rotatable bonds is 4. The minimum atomic E-state index is -4.90. The number of hydrogen-bond acceptors (Lipinski definition) is 7. The summed E-state index contributed by atoms with van der Waals surface area (Å²) in [6, 6.07) is 5.87. The normalized spacial score (nSPS) is 12.1. The van der Waals surface area contributed by atoms with Crippen molar-refractivity contribution < 1.29 is 35.1 Å². The molecular weight excluding hydrogens is 419 g/mol. The Morgan fingerprint density at radius 3 is 2.41 bits per heavy atom. The van der Waals surface area contributed by atoms with Crippen LogP contribution in [-0.2, 0) is 16.3 Å². The molecule has 0 bridgehead atoms. The third-order valence-electron chi connectivity index (χ3n) is 3.88. The van der Waals surface area contributed by atoms with Crippen molar-refractivity contribution in [1.82, 2.24) is 0 Å². The molecule has 3 aromatic rings. The molecule has 0 amide bonds. The van der Waals surface area contributed by atoms with Gasteiger partial charge in [0.05, 0.1) is 10.5 Å². The molecule has 0 aliphatic heterocycles. The van der Waals surface area contributed by atoms with Gasteiger partial charge >= 0.3 is 21.9 Å². The lowest BCUT2D eigenvalue weighted by atomic mass is 10.1. The van der Waals surface area contributed by atoms with Crippen LogP contribution < -0.4 is 9.81 Å². The van der Waals surface area contributed by atoms with Crippen LogP contribution in [0.4, 0.5) is 18.9 Å². The van der Waals surface area contributed by atoms with Crippen LogP contribution in [0.15, 0.2) is 56.6 Å². The van der Waals surface area contributed by atoms with E-state index in [1.807, 2.05) is 0 Å². The van der Waals surface area contributed by atoms with Gasteiger partial charge in [0.1, 0.15) is 11.3 Å². The van der Waals surface area contributed by atoms with Gasteiger partial charge in [0.2, 0.25) is 0 Å². The summed E-state index contributed by atoms with van der Waals surface area (Å²) in [6.07, 6.45) is -4.90. The largest absolute Gasteiger partial charge is 0.423 e. The highest BCUT2D eigenvalue weighted by atomic mass is 32.2. The highest BCUT2D eigenvalue weighted by Crippen LogP contribution is 2.35. The van der Waals surface area contributed by atoms with E-state index in [2.05, 4.69) is 0 Å². The maximum atomic E-state index is 12.8. The molecule has 8 nitrogen and oxygen atoms in total. The zero-order valence-corrected chi connectivity index (χ0v) is 15.2. The Morgan fingerprint density at radius 1 is 1.10 bits per heavy atom. The van der Waals surface area contributed by atoms with Crippen LogP contribution in [-0.4, -0.2) is 13.3 Å². The lowest BCUT2D eigenvalue weighted by Crippen LogP contribution is -2.14. The monoisotopic (exact) mass is 429 g/mol. The smallest absolute Gasteiger partial charge is 0.416 e. The van der Waals surface area contributed by atoms with E-state index in [-0.39, 0.29) is 17.4 Å². The van der Waals surface area contributed by atoms with Gasteiger partial charge in [-0.1, -0.05) is 0 Å². The maximum absolute atomic E-state index is 12.8. The minimum absolute atomic E-state index is 0.00428. The molecule has 0 fully saturated rings. The number of nitro benzene ring substituents is 1. The third-order valence-corrected chi connectivity index (χ3v) is 5.18. The van der Waals surface area contributed by atoms with Gasteiger partial charge in [-0.05, 0) is 36.8 Å². The summed E-state index contributed by atoms with van der Waals surface area (Å²) in [5, 5.41) is 11.6. The molecule has 0 aliphatic rings. The van der Waals surface area contributed by atoms with Gasteiger partial charge in [-0.3, -0.25) is 10.1 Å². The predicted octanol–water partition coefficient (Wildman–Crippen LogP) is 3.80. The third kappa shape index (κ3) is 4.06. The van der Waals surface area contributed by atoms with Crippen LogP contribution in [0.1, 0.15) is 11.1 Å². The number of nitro groups is 1. The van der Waals surface area contributed by atoms with Crippen molar-refractivity contribution in [2.75, 3.05) is 0 Å². The predicted molar refractivity (Wildman–Crippen MR) is 93.1 cm³/mol. The summed E-state index contributed by atoms with van der Waals surface area (Å²) >= 11 is 0. The Labute approximate surface area is 160 Å². The summed E-state index contributed by atoms with van der Waals surface area (Å²) < 4.78 is 73.0. The Kier molecular flexibility index (Phi) is 4.82. The van der Waals surface area contributed by atoms with Crippen molar-refractivity contribution in [1.29, 1.82) is 0 Å². The van der Waals surface area contributed by atoms with E-state index in [1.165, 1.54) is 18.2 Å². The Balaban J connectivity index is 2.07. The van der Waals surface area contributed by atoms with Gasteiger partial charge in [-0.15, -0.1) is 0 Å². The van der Waals surface area contributed by atoms with E-state index in [9.17, 15) is 36.5 Å². The summed E-state index contributed by atoms with van der Waals surface area (Å²) in [6.45, 7) is 1.63. The molecule has 3 rings (SSSR count). The van der Waals surface area contributed by atoms with Gasteiger partial charge in [0.25, 0.3) is 5.69 Å². The van der Waals surface area contributed by atoms with Crippen molar-refractivity contribution in [3.05, 3.63) is 74.1 Å². The molecule has 0 saturated carbocycles. The first kappa shape index (κ1) is 20.3. The Morgan fingerprint density at radius 2 is 1.79 bits per heavy atom. The van der Waals surface area contributed by atoms with Gasteiger partial charge in [-0.25, -0.2) is 4.79 Å². The summed E-state index contributed by atoms with van der Waals surface area (Å²) in [5.41, 5.74) is -2.80. The number of nitrogens with zero attached hydrogens (tertiary/aromatic N) is 1. The van der Waals surface area contributed by atoms with Crippen molar-refractivity contribution in [3.63, 3.8) is 0 Å². The fourth-order valence-corrected chi connectivity index (χ4v) is 3.65. The second kappa shape index (κ2) is 6.88. The van der Waals surface area contributed by atoms with E-state index in [0.717, 1.165) is 6.07 Å². The van der Waals surface area contributed by atoms with E-state index in [4.69, 9.17) is 8.60 Å². The van der Waals surface area contributed by atoms with Gasteiger partial charge in [0, 0.05) is 23.6 Å². The molecule has 0 radical (unpaired) electrons. The van der Waals surface area contributed by atoms with Gasteiger partial charge in [-0.2, -0.15) is 21.6 Å². The SMILES string of the molecule is Cc1cc(=O)oc2cc(OS(=O)(=O)c3ccc(C(F)(F)F)cc3[N+](=O)[O-])ccc12. The van der Waals surface area contributed by atoms with Gasteiger partial charge in [0.15, 0.2) is 4.90 Å². The molecular formula is C17H10F3NO7S.